The molecule has 0 spiro atoms. The number of hydrogen-bond donors (Lipinski definition) is 3. The Morgan fingerprint density at radius 3 is 1.86 bits per heavy atom. The van der Waals surface area contributed by atoms with Crippen LogP contribution in [0.3, 0.4) is 0 Å². The Morgan fingerprint density at radius 2 is 1.64 bits per heavy atom. The van der Waals surface area contributed by atoms with Crippen LogP contribution in [0.5, 0.6) is 0 Å². The molecule has 0 amide bonds. The maximum absolute atomic E-state index is 10.6. The smallest absolute Gasteiger partial charge is 0.311 e. The van der Waals surface area contributed by atoms with Gasteiger partial charge in [-0.2, -0.15) is 0 Å². The molecule has 0 bridgehead atoms. The van der Waals surface area contributed by atoms with Gasteiger partial charge in [-0.3, -0.25) is 14.4 Å². The summed E-state index contributed by atoms with van der Waals surface area (Å²) in [4.78, 5) is 31.4. The molecular formula is C8H10O6. The van der Waals surface area contributed by atoms with E-state index in [2.05, 4.69) is 6.58 Å². The minimum atomic E-state index is -1.48. The first-order chi connectivity index (χ1) is 6.40. The van der Waals surface area contributed by atoms with Crippen LogP contribution < -0.4 is 0 Å². The molecule has 0 saturated heterocycles. The Hall–Kier alpha value is -1.85. The summed E-state index contributed by atoms with van der Waals surface area (Å²) in [6, 6.07) is 0. The minimum Gasteiger partial charge on any atom is -0.481 e. The lowest BCUT2D eigenvalue weighted by Gasteiger charge is -2.14. The van der Waals surface area contributed by atoms with E-state index in [0.717, 1.165) is 6.08 Å². The van der Waals surface area contributed by atoms with E-state index in [-0.39, 0.29) is 0 Å². The van der Waals surface area contributed by atoms with Gasteiger partial charge < -0.3 is 15.3 Å². The highest BCUT2D eigenvalue weighted by Crippen LogP contribution is 2.18. The first-order valence-corrected chi connectivity index (χ1v) is 3.70. The lowest BCUT2D eigenvalue weighted by molar-refractivity contribution is -0.155. The molecule has 6 nitrogen and oxygen atoms in total. The molecule has 0 rings (SSSR count). The summed E-state index contributed by atoms with van der Waals surface area (Å²) in [5.74, 6) is -7.08. The highest BCUT2D eigenvalue weighted by molar-refractivity contribution is 5.84. The Balaban J connectivity index is 4.78. The van der Waals surface area contributed by atoms with E-state index < -0.39 is 36.2 Å². The SMILES string of the molecule is C=CC(C(=O)O)C(CC(=O)O)C(=O)O. The second kappa shape index (κ2) is 5.00. The van der Waals surface area contributed by atoms with Gasteiger partial charge in [-0.1, -0.05) is 6.08 Å². The lowest BCUT2D eigenvalue weighted by atomic mass is 9.89. The van der Waals surface area contributed by atoms with Gasteiger partial charge in [-0.05, 0) is 0 Å². The summed E-state index contributed by atoms with van der Waals surface area (Å²) < 4.78 is 0. The normalized spacial score (nSPS) is 14.0. The predicted octanol–water partition coefficient (Wildman–Crippen LogP) is 0.0487. The summed E-state index contributed by atoms with van der Waals surface area (Å²) in [5, 5.41) is 25.5. The third-order valence-electron chi connectivity index (χ3n) is 1.68. The number of carbonyl (C=O) groups is 3. The Bertz CT molecular complexity index is 269. The zero-order valence-electron chi connectivity index (χ0n) is 7.21. The third kappa shape index (κ3) is 3.26. The third-order valence-corrected chi connectivity index (χ3v) is 1.68. The number of carboxylic acid groups (broad SMARTS) is 3. The lowest BCUT2D eigenvalue weighted by Crippen LogP contribution is -2.30. The van der Waals surface area contributed by atoms with Gasteiger partial charge in [0.1, 0.15) is 0 Å². The molecule has 0 radical (unpaired) electrons. The molecule has 0 aliphatic rings. The highest BCUT2D eigenvalue weighted by Gasteiger charge is 2.33. The average Bonchev–Trinajstić information content (AvgIpc) is 2.02. The van der Waals surface area contributed by atoms with Crippen molar-refractivity contribution >= 4 is 17.9 Å². The van der Waals surface area contributed by atoms with Crippen LogP contribution in [0, 0.1) is 11.8 Å². The van der Waals surface area contributed by atoms with Crippen LogP contribution in [-0.2, 0) is 14.4 Å². The van der Waals surface area contributed by atoms with E-state index >= 15 is 0 Å². The van der Waals surface area contributed by atoms with Crippen LogP contribution in [0.4, 0.5) is 0 Å². The van der Waals surface area contributed by atoms with Crippen molar-refractivity contribution in [2.45, 2.75) is 6.42 Å². The quantitative estimate of drug-likeness (QED) is 0.524. The van der Waals surface area contributed by atoms with Crippen LogP contribution in [0.2, 0.25) is 0 Å². The number of hydrogen-bond acceptors (Lipinski definition) is 3. The molecule has 0 aliphatic heterocycles. The van der Waals surface area contributed by atoms with Crippen molar-refractivity contribution < 1.29 is 29.7 Å². The molecule has 2 atom stereocenters. The molecule has 0 aromatic carbocycles. The van der Waals surface area contributed by atoms with Gasteiger partial charge in [0.15, 0.2) is 0 Å². The van der Waals surface area contributed by atoms with Crippen molar-refractivity contribution in [3.8, 4) is 0 Å². The Morgan fingerprint density at radius 1 is 1.14 bits per heavy atom. The second-order valence-electron chi connectivity index (χ2n) is 2.64. The van der Waals surface area contributed by atoms with Gasteiger partial charge >= 0.3 is 17.9 Å². The van der Waals surface area contributed by atoms with Gasteiger partial charge in [-0.25, -0.2) is 0 Å². The number of aliphatic carboxylic acids is 3. The molecule has 6 heteroatoms. The maximum atomic E-state index is 10.6. The molecule has 2 unspecified atom stereocenters. The standard InChI is InChI=1S/C8H10O6/c1-2-4(7(11)12)5(8(13)14)3-6(9)10/h2,4-5H,1,3H2,(H,9,10)(H,11,12)(H,13,14). The molecule has 0 aromatic rings. The van der Waals surface area contributed by atoms with Crippen molar-refractivity contribution in [2.75, 3.05) is 0 Å². The molecule has 0 aromatic heterocycles. The molecule has 0 fully saturated rings. The molecule has 0 aliphatic carbocycles. The van der Waals surface area contributed by atoms with Crippen molar-refractivity contribution in [3.05, 3.63) is 12.7 Å². The molecule has 0 saturated carbocycles. The van der Waals surface area contributed by atoms with Crippen LogP contribution in [-0.4, -0.2) is 33.2 Å². The zero-order valence-corrected chi connectivity index (χ0v) is 7.21. The van der Waals surface area contributed by atoms with Gasteiger partial charge in [0.05, 0.1) is 18.3 Å². The van der Waals surface area contributed by atoms with E-state index in [1.54, 1.807) is 0 Å². The topological polar surface area (TPSA) is 112 Å². The maximum Gasteiger partial charge on any atom is 0.311 e. The summed E-state index contributed by atoms with van der Waals surface area (Å²) >= 11 is 0. The van der Waals surface area contributed by atoms with Gasteiger partial charge in [0.2, 0.25) is 0 Å². The Kier molecular flexibility index (Phi) is 4.34. The summed E-state index contributed by atoms with van der Waals surface area (Å²) in [6.07, 6.45) is 0.183. The Labute approximate surface area is 79.5 Å². The minimum absolute atomic E-state index is 0.738. The van der Waals surface area contributed by atoms with Crippen molar-refractivity contribution in [1.29, 1.82) is 0 Å². The van der Waals surface area contributed by atoms with Crippen LogP contribution in [0.1, 0.15) is 6.42 Å². The largest absolute Gasteiger partial charge is 0.481 e. The average molecular weight is 202 g/mol. The fourth-order valence-electron chi connectivity index (χ4n) is 0.993. The summed E-state index contributed by atoms with van der Waals surface area (Å²) in [6.45, 7) is 3.16. The first-order valence-electron chi connectivity index (χ1n) is 3.70. The van der Waals surface area contributed by atoms with Crippen molar-refractivity contribution in [2.24, 2.45) is 11.8 Å². The molecule has 0 heterocycles. The van der Waals surface area contributed by atoms with Crippen LogP contribution in [0.25, 0.3) is 0 Å². The fraction of sp³-hybridized carbons (Fsp3) is 0.375. The van der Waals surface area contributed by atoms with E-state index in [1.165, 1.54) is 0 Å². The molecule has 14 heavy (non-hydrogen) atoms. The monoisotopic (exact) mass is 202 g/mol. The highest BCUT2D eigenvalue weighted by atomic mass is 16.4. The number of carboxylic acids is 3. The van der Waals surface area contributed by atoms with E-state index in [0.29, 0.717) is 0 Å². The predicted molar refractivity (Wildman–Crippen MR) is 44.7 cm³/mol. The van der Waals surface area contributed by atoms with E-state index in [9.17, 15) is 14.4 Å². The fourth-order valence-corrected chi connectivity index (χ4v) is 0.993. The van der Waals surface area contributed by atoms with E-state index in [1.807, 2.05) is 0 Å². The van der Waals surface area contributed by atoms with Gasteiger partial charge in [0.25, 0.3) is 0 Å². The molecule has 3 N–H and O–H groups in total. The number of rotatable bonds is 6. The van der Waals surface area contributed by atoms with Crippen molar-refractivity contribution in [3.63, 3.8) is 0 Å². The van der Waals surface area contributed by atoms with Gasteiger partial charge in [-0.15, -0.1) is 6.58 Å². The van der Waals surface area contributed by atoms with Crippen LogP contribution >= 0.6 is 0 Å². The zero-order chi connectivity index (χ0) is 11.3. The van der Waals surface area contributed by atoms with Crippen molar-refractivity contribution in [1.82, 2.24) is 0 Å². The molecular weight excluding hydrogens is 192 g/mol. The van der Waals surface area contributed by atoms with Gasteiger partial charge in [0, 0.05) is 0 Å². The van der Waals surface area contributed by atoms with E-state index in [4.69, 9.17) is 15.3 Å². The summed E-state index contributed by atoms with van der Waals surface area (Å²) in [7, 11) is 0. The second-order valence-corrected chi connectivity index (χ2v) is 2.64. The van der Waals surface area contributed by atoms with Crippen LogP contribution in [0.15, 0.2) is 12.7 Å². The first kappa shape index (κ1) is 12.2. The molecule has 78 valence electrons. The summed E-state index contributed by atoms with van der Waals surface area (Å²) in [5.41, 5.74) is 0.